The number of ether oxygens (including phenoxy) is 3. The number of halogens is 6. The Morgan fingerprint density at radius 3 is 1.50 bits per heavy atom. The SMILES string of the molecule is CC(C)(C)C(=O)OC(COC(F)(F)F)COC(F)(F)F. The summed E-state index contributed by atoms with van der Waals surface area (Å²) in [5.74, 6) is -0.973. The molecule has 0 spiro atoms. The van der Waals surface area contributed by atoms with Gasteiger partial charge in [0.25, 0.3) is 0 Å². The van der Waals surface area contributed by atoms with Crippen molar-refractivity contribution in [3.63, 3.8) is 0 Å². The molecule has 0 saturated heterocycles. The van der Waals surface area contributed by atoms with Crippen LogP contribution in [0.5, 0.6) is 0 Å². The van der Waals surface area contributed by atoms with Crippen LogP contribution < -0.4 is 0 Å². The van der Waals surface area contributed by atoms with E-state index in [2.05, 4.69) is 14.2 Å². The second-order valence-electron chi connectivity index (χ2n) is 4.79. The van der Waals surface area contributed by atoms with Crippen molar-refractivity contribution in [3.05, 3.63) is 0 Å². The first-order valence-corrected chi connectivity index (χ1v) is 5.33. The van der Waals surface area contributed by atoms with Gasteiger partial charge in [-0.05, 0) is 20.8 Å². The molecule has 0 heterocycles. The minimum absolute atomic E-state index is 0.973. The van der Waals surface area contributed by atoms with Gasteiger partial charge in [-0.25, -0.2) is 0 Å². The molecule has 0 aliphatic carbocycles. The molecule has 0 radical (unpaired) electrons. The zero-order chi connectivity index (χ0) is 16.2. The van der Waals surface area contributed by atoms with Crippen LogP contribution in [-0.4, -0.2) is 38.0 Å². The number of esters is 1. The summed E-state index contributed by atoms with van der Waals surface area (Å²) in [6.07, 6.45) is -11.9. The number of carbonyl (C=O) groups excluding carboxylic acids is 1. The quantitative estimate of drug-likeness (QED) is 0.578. The summed E-state index contributed by atoms with van der Waals surface area (Å²) in [5, 5.41) is 0. The fraction of sp³-hybridized carbons (Fsp3) is 0.900. The molecule has 0 rings (SSSR count). The maximum Gasteiger partial charge on any atom is 0.522 e. The predicted molar refractivity (Wildman–Crippen MR) is 53.3 cm³/mol. The predicted octanol–water partition coefficient (Wildman–Crippen LogP) is 3.02. The lowest BCUT2D eigenvalue weighted by Gasteiger charge is -2.23. The molecule has 0 aliphatic heterocycles. The van der Waals surface area contributed by atoms with Gasteiger partial charge in [0, 0.05) is 0 Å². The van der Waals surface area contributed by atoms with Crippen molar-refractivity contribution < 1.29 is 45.3 Å². The summed E-state index contributed by atoms with van der Waals surface area (Å²) in [6.45, 7) is 1.59. The first-order valence-electron chi connectivity index (χ1n) is 5.33. The van der Waals surface area contributed by atoms with E-state index in [1.807, 2.05) is 0 Å². The maximum atomic E-state index is 11.8. The van der Waals surface area contributed by atoms with Gasteiger partial charge in [-0.2, -0.15) is 0 Å². The molecule has 0 amide bonds. The number of hydrogen-bond acceptors (Lipinski definition) is 4. The molecule has 0 bridgehead atoms. The van der Waals surface area contributed by atoms with Crippen molar-refractivity contribution >= 4 is 5.97 Å². The summed E-state index contributed by atoms with van der Waals surface area (Å²) in [4.78, 5) is 11.4. The van der Waals surface area contributed by atoms with Gasteiger partial charge in [-0.15, -0.1) is 26.3 Å². The van der Waals surface area contributed by atoms with Gasteiger partial charge in [0.1, 0.15) is 6.10 Å². The highest BCUT2D eigenvalue weighted by atomic mass is 19.4. The first kappa shape index (κ1) is 19.0. The van der Waals surface area contributed by atoms with Gasteiger partial charge in [-0.1, -0.05) is 0 Å². The number of alkyl halides is 6. The van der Waals surface area contributed by atoms with Gasteiger partial charge in [0.2, 0.25) is 0 Å². The summed E-state index contributed by atoms with van der Waals surface area (Å²) >= 11 is 0. The normalized spacial score (nSPS) is 13.7. The van der Waals surface area contributed by atoms with Crippen LogP contribution in [0.2, 0.25) is 0 Å². The van der Waals surface area contributed by atoms with Gasteiger partial charge >= 0.3 is 18.7 Å². The molecule has 0 atom stereocenters. The minimum atomic E-state index is -5.05. The summed E-state index contributed by atoms with van der Waals surface area (Å²) in [5.41, 5.74) is -1.09. The number of rotatable bonds is 5. The van der Waals surface area contributed by atoms with Crippen molar-refractivity contribution in [2.24, 2.45) is 5.41 Å². The second kappa shape index (κ2) is 6.61. The molecular formula is C10H14F6O4. The van der Waals surface area contributed by atoms with Crippen LogP contribution in [0.4, 0.5) is 26.3 Å². The molecule has 4 nitrogen and oxygen atoms in total. The highest BCUT2D eigenvalue weighted by Gasteiger charge is 2.36. The van der Waals surface area contributed by atoms with Gasteiger partial charge in [0.05, 0.1) is 18.6 Å². The summed E-state index contributed by atoms with van der Waals surface area (Å²) in [6, 6.07) is 0. The van der Waals surface area contributed by atoms with Crippen molar-refractivity contribution in [1.82, 2.24) is 0 Å². The molecule has 0 fully saturated rings. The molecule has 0 aromatic rings. The molecule has 0 unspecified atom stereocenters. The van der Waals surface area contributed by atoms with E-state index in [1.54, 1.807) is 0 Å². The Labute approximate surface area is 111 Å². The third-order valence-electron chi connectivity index (χ3n) is 1.75. The Hall–Kier alpha value is -1.03. The lowest BCUT2D eigenvalue weighted by atomic mass is 9.97. The van der Waals surface area contributed by atoms with Crippen molar-refractivity contribution in [2.45, 2.75) is 39.6 Å². The van der Waals surface area contributed by atoms with E-state index in [0.29, 0.717) is 0 Å². The van der Waals surface area contributed by atoms with Crippen LogP contribution in [0, 0.1) is 5.41 Å². The lowest BCUT2D eigenvalue weighted by molar-refractivity contribution is -0.347. The number of hydrogen-bond donors (Lipinski definition) is 0. The molecule has 10 heteroatoms. The van der Waals surface area contributed by atoms with E-state index >= 15 is 0 Å². The number of carbonyl (C=O) groups is 1. The Morgan fingerprint density at radius 1 is 0.900 bits per heavy atom. The van der Waals surface area contributed by atoms with E-state index in [9.17, 15) is 31.1 Å². The van der Waals surface area contributed by atoms with Gasteiger partial charge in [0.15, 0.2) is 0 Å². The second-order valence-corrected chi connectivity index (χ2v) is 4.79. The molecule has 0 aromatic heterocycles. The van der Waals surface area contributed by atoms with Crippen LogP contribution in [0.1, 0.15) is 20.8 Å². The van der Waals surface area contributed by atoms with Crippen molar-refractivity contribution in [1.29, 1.82) is 0 Å². The molecule has 20 heavy (non-hydrogen) atoms. The van der Waals surface area contributed by atoms with Crippen molar-refractivity contribution in [2.75, 3.05) is 13.2 Å². The Bertz CT molecular complexity index is 299. The van der Waals surface area contributed by atoms with Crippen LogP contribution in [0.25, 0.3) is 0 Å². The Kier molecular flexibility index (Phi) is 6.27. The van der Waals surface area contributed by atoms with Crippen LogP contribution in [-0.2, 0) is 19.0 Å². The van der Waals surface area contributed by atoms with Crippen LogP contribution >= 0.6 is 0 Å². The Morgan fingerprint density at radius 2 is 1.25 bits per heavy atom. The van der Waals surface area contributed by atoms with Gasteiger partial charge < -0.3 is 4.74 Å². The molecule has 120 valence electrons. The fourth-order valence-corrected chi connectivity index (χ4v) is 0.819. The van der Waals surface area contributed by atoms with E-state index < -0.39 is 43.4 Å². The first-order chi connectivity index (χ1) is 8.71. The zero-order valence-corrected chi connectivity index (χ0v) is 10.9. The standard InChI is InChI=1S/C10H14F6O4/c1-8(2,3)7(17)20-6(4-18-9(11,12)13)5-19-10(14,15)16/h6H,4-5H2,1-3H3. The van der Waals surface area contributed by atoms with E-state index in [1.165, 1.54) is 20.8 Å². The van der Waals surface area contributed by atoms with Crippen molar-refractivity contribution in [3.8, 4) is 0 Å². The molecule has 0 N–H and O–H groups in total. The highest BCUT2D eigenvalue weighted by Crippen LogP contribution is 2.22. The third kappa shape index (κ3) is 9.84. The van der Waals surface area contributed by atoms with E-state index in [0.717, 1.165) is 0 Å². The maximum absolute atomic E-state index is 11.8. The molecule has 0 aliphatic rings. The monoisotopic (exact) mass is 312 g/mol. The van der Waals surface area contributed by atoms with E-state index in [4.69, 9.17) is 0 Å². The average Bonchev–Trinajstić information content (AvgIpc) is 2.17. The Balaban J connectivity index is 4.58. The molecular weight excluding hydrogens is 298 g/mol. The highest BCUT2D eigenvalue weighted by molar-refractivity contribution is 5.75. The van der Waals surface area contributed by atoms with Gasteiger partial charge in [-0.3, -0.25) is 14.3 Å². The molecule has 0 aromatic carbocycles. The summed E-state index contributed by atoms with van der Waals surface area (Å²) in [7, 11) is 0. The minimum Gasteiger partial charge on any atom is -0.457 e. The average molecular weight is 312 g/mol. The zero-order valence-electron chi connectivity index (χ0n) is 10.9. The van der Waals surface area contributed by atoms with E-state index in [-0.39, 0.29) is 0 Å². The van der Waals surface area contributed by atoms with Crippen LogP contribution in [0.3, 0.4) is 0 Å². The molecule has 0 saturated carbocycles. The topological polar surface area (TPSA) is 44.8 Å². The lowest BCUT2D eigenvalue weighted by Crippen LogP contribution is -2.36. The third-order valence-corrected chi connectivity index (χ3v) is 1.75. The fourth-order valence-electron chi connectivity index (χ4n) is 0.819. The largest absolute Gasteiger partial charge is 0.522 e. The smallest absolute Gasteiger partial charge is 0.457 e. The summed E-state index contributed by atoms with van der Waals surface area (Å²) < 4.78 is 82.2. The van der Waals surface area contributed by atoms with Crippen LogP contribution in [0.15, 0.2) is 0 Å².